The lowest BCUT2D eigenvalue weighted by Gasteiger charge is -2.23. The van der Waals surface area contributed by atoms with E-state index in [0.29, 0.717) is 16.4 Å². The van der Waals surface area contributed by atoms with Gasteiger partial charge < -0.3 is 15.8 Å². The van der Waals surface area contributed by atoms with Gasteiger partial charge in [-0.3, -0.25) is 13.9 Å². The van der Waals surface area contributed by atoms with Crippen LogP contribution >= 0.6 is 23.2 Å². The van der Waals surface area contributed by atoms with Gasteiger partial charge in [0.25, 0.3) is 15.9 Å². The number of carbonyl (C=O) groups is 3. The maximum atomic E-state index is 13.4. The Morgan fingerprint density at radius 3 is 2.24 bits per heavy atom. The molecule has 0 saturated carbocycles. The van der Waals surface area contributed by atoms with Gasteiger partial charge in [0, 0.05) is 16.3 Å². The molecule has 0 aliphatic carbocycles. The number of primary amides is 1. The van der Waals surface area contributed by atoms with Crippen molar-refractivity contribution in [3.63, 3.8) is 0 Å². The van der Waals surface area contributed by atoms with Gasteiger partial charge in [0.05, 0.1) is 27.7 Å². The number of rotatable bonds is 10. The minimum Gasteiger partial charge on any atom is -0.452 e. The monoisotopic (exact) mass is 561 g/mol. The summed E-state index contributed by atoms with van der Waals surface area (Å²) >= 11 is 12.0. The number of amides is 2. The molecular formula is C25H21Cl2N3O6S. The van der Waals surface area contributed by atoms with Crippen molar-refractivity contribution in [3.05, 3.63) is 101 Å². The first-order valence-electron chi connectivity index (χ1n) is 10.6. The summed E-state index contributed by atoms with van der Waals surface area (Å²) in [7, 11) is -4.14. The average molecular weight is 562 g/mol. The van der Waals surface area contributed by atoms with Gasteiger partial charge >= 0.3 is 5.97 Å². The van der Waals surface area contributed by atoms with E-state index in [4.69, 9.17) is 33.7 Å². The van der Waals surface area contributed by atoms with E-state index < -0.39 is 34.4 Å². The molecule has 3 rings (SSSR count). The highest BCUT2D eigenvalue weighted by Gasteiger charge is 2.26. The van der Waals surface area contributed by atoms with E-state index in [1.807, 2.05) is 0 Å². The Morgan fingerprint density at radius 2 is 1.65 bits per heavy atom. The molecule has 0 radical (unpaired) electrons. The number of carbonyl (C=O) groups excluding carboxylic acids is 3. The van der Waals surface area contributed by atoms with E-state index in [2.05, 4.69) is 11.9 Å². The van der Waals surface area contributed by atoms with E-state index in [9.17, 15) is 22.8 Å². The van der Waals surface area contributed by atoms with E-state index in [0.717, 1.165) is 10.4 Å². The summed E-state index contributed by atoms with van der Waals surface area (Å²) in [6.45, 7) is 2.89. The SMILES string of the molecule is C=CCN(c1ccc(Cl)cc1)S(=O)(=O)c1ccc(Cl)c(C(=O)OCC(=O)Nc2ccc(C(N)=O)cc2)c1. The van der Waals surface area contributed by atoms with Gasteiger partial charge in [0.2, 0.25) is 5.91 Å². The van der Waals surface area contributed by atoms with Gasteiger partial charge in [0.1, 0.15) is 0 Å². The van der Waals surface area contributed by atoms with Crippen LogP contribution in [0.25, 0.3) is 0 Å². The van der Waals surface area contributed by atoms with E-state index >= 15 is 0 Å². The smallest absolute Gasteiger partial charge is 0.340 e. The second-order valence-electron chi connectivity index (χ2n) is 7.51. The van der Waals surface area contributed by atoms with E-state index in [-0.39, 0.29) is 27.6 Å². The van der Waals surface area contributed by atoms with Crippen molar-refractivity contribution in [1.82, 2.24) is 0 Å². The number of sulfonamides is 1. The Labute approximate surface area is 223 Å². The number of hydrogen-bond donors (Lipinski definition) is 2. The number of nitrogens with zero attached hydrogens (tertiary/aromatic N) is 1. The summed E-state index contributed by atoms with van der Waals surface area (Å²) in [5, 5.41) is 2.87. The van der Waals surface area contributed by atoms with Crippen molar-refractivity contribution in [2.24, 2.45) is 5.73 Å². The summed E-state index contributed by atoms with van der Waals surface area (Å²) in [5.41, 5.74) is 5.88. The molecule has 37 heavy (non-hydrogen) atoms. The van der Waals surface area contributed by atoms with Gasteiger partial charge in [-0.25, -0.2) is 13.2 Å². The number of halogens is 2. The maximum Gasteiger partial charge on any atom is 0.340 e. The molecule has 0 spiro atoms. The summed E-state index contributed by atoms with van der Waals surface area (Å²) in [6.07, 6.45) is 1.41. The fraction of sp³-hybridized carbons (Fsp3) is 0.0800. The van der Waals surface area contributed by atoms with Crippen LogP contribution in [0.1, 0.15) is 20.7 Å². The normalized spacial score (nSPS) is 10.9. The van der Waals surface area contributed by atoms with Crippen molar-refractivity contribution in [2.45, 2.75) is 4.90 Å². The third-order valence-corrected chi connectivity index (χ3v) is 7.31. The molecule has 0 fully saturated rings. The molecule has 0 saturated heterocycles. The Hall–Kier alpha value is -3.86. The third kappa shape index (κ3) is 6.88. The van der Waals surface area contributed by atoms with Crippen LogP contribution in [0.15, 0.2) is 84.3 Å². The average Bonchev–Trinajstić information content (AvgIpc) is 2.87. The molecule has 3 aromatic rings. The largest absolute Gasteiger partial charge is 0.452 e. The van der Waals surface area contributed by atoms with Crippen LogP contribution < -0.4 is 15.4 Å². The highest BCUT2D eigenvalue weighted by molar-refractivity contribution is 7.92. The molecule has 2 amide bonds. The van der Waals surface area contributed by atoms with E-state index in [1.54, 1.807) is 12.1 Å². The van der Waals surface area contributed by atoms with Crippen LogP contribution in [0.4, 0.5) is 11.4 Å². The van der Waals surface area contributed by atoms with Gasteiger partial charge in [-0.15, -0.1) is 6.58 Å². The molecule has 0 atom stereocenters. The first-order valence-corrected chi connectivity index (χ1v) is 12.8. The van der Waals surface area contributed by atoms with E-state index in [1.165, 1.54) is 54.6 Å². The molecule has 0 aromatic heterocycles. The number of nitrogens with two attached hydrogens (primary N) is 1. The fourth-order valence-corrected chi connectivity index (χ4v) is 4.92. The summed E-state index contributed by atoms with van der Waals surface area (Å²) < 4.78 is 32.9. The highest BCUT2D eigenvalue weighted by Crippen LogP contribution is 2.28. The number of nitrogens with one attached hydrogen (secondary N) is 1. The standard InChI is InChI=1S/C25H21Cl2N3O6S/c1-2-13-30(19-9-5-17(26)6-10-19)37(34,35)20-11-12-22(27)21(14-20)25(33)36-15-23(31)29-18-7-3-16(4-8-18)24(28)32/h2-12,14H,1,13,15H2,(H2,28,32)(H,29,31). The van der Waals surface area contributed by atoms with Gasteiger partial charge in [0.15, 0.2) is 6.61 Å². The number of ether oxygens (including phenoxy) is 1. The predicted molar refractivity (Wildman–Crippen MR) is 142 cm³/mol. The molecule has 12 heteroatoms. The number of benzene rings is 3. The summed E-state index contributed by atoms with van der Waals surface area (Å²) in [4.78, 5) is 35.7. The molecule has 9 nitrogen and oxygen atoms in total. The highest BCUT2D eigenvalue weighted by atomic mass is 35.5. The summed E-state index contributed by atoms with van der Waals surface area (Å²) in [5.74, 6) is -2.28. The molecule has 0 unspecified atom stereocenters. The Bertz CT molecular complexity index is 1440. The molecule has 0 aliphatic rings. The van der Waals surface area contributed by atoms with Gasteiger partial charge in [-0.2, -0.15) is 0 Å². The quantitative estimate of drug-likeness (QED) is 0.280. The first kappa shape index (κ1) is 27.7. The van der Waals surface area contributed by atoms with Crippen molar-refractivity contribution < 1.29 is 27.5 Å². The summed E-state index contributed by atoms with van der Waals surface area (Å²) in [6, 6.07) is 15.5. The van der Waals surface area contributed by atoms with Crippen molar-refractivity contribution in [2.75, 3.05) is 22.8 Å². The zero-order valence-electron chi connectivity index (χ0n) is 19.2. The predicted octanol–water partition coefficient (Wildman–Crippen LogP) is 4.27. The lowest BCUT2D eigenvalue weighted by molar-refractivity contribution is -0.119. The molecular weight excluding hydrogens is 541 g/mol. The topological polar surface area (TPSA) is 136 Å². The second kappa shape index (κ2) is 11.9. The zero-order chi connectivity index (χ0) is 27.2. The Kier molecular flexibility index (Phi) is 8.93. The van der Waals surface area contributed by atoms with Gasteiger partial charge in [-0.1, -0.05) is 29.3 Å². The minimum absolute atomic E-state index is 0.0486. The van der Waals surface area contributed by atoms with Crippen LogP contribution in [-0.2, 0) is 19.6 Å². The number of anilines is 2. The molecule has 0 heterocycles. The lowest BCUT2D eigenvalue weighted by atomic mass is 10.2. The van der Waals surface area contributed by atoms with Crippen molar-refractivity contribution in [1.29, 1.82) is 0 Å². The third-order valence-electron chi connectivity index (χ3n) is 4.94. The second-order valence-corrected chi connectivity index (χ2v) is 10.2. The Balaban J connectivity index is 1.76. The molecule has 0 aliphatic heterocycles. The van der Waals surface area contributed by atoms with Crippen LogP contribution in [0, 0.1) is 0 Å². The van der Waals surface area contributed by atoms with Crippen LogP contribution in [0.2, 0.25) is 10.0 Å². The maximum absolute atomic E-state index is 13.4. The molecule has 3 N–H and O–H groups in total. The lowest BCUT2D eigenvalue weighted by Crippen LogP contribution is -2.31. The van der Waals surface area contributed by atoms with Crippen molar-refractivity contribution >= 4 is 62.4 Å². The first-order chi connectivity index (χ1) is 17.5. The molecule has 192 valence electrons. The molecule has 3 aromatic carbocycles. The number of hydrogen-bond acceptors (Lipinski definition) is 6. The van der Waals surface area contributed by atoms with Crippen LogP contribution in [0.3, 0.4) is 0 Å². The van der Waals surface area contributed by atoms with Gasteiger partial charge in [-0.05, 0) is 66.7 Å². The number of esters is 1. The Morgan fingerprint density at radius 1 is 1.00 bits per heavy atom. The minimum atomic E-state index is -4.14. The molecule has 0 bridgehead atoms. The van der Waals surface area contributed by atoms with Crippen LogP contribution in [0.5, 0.6) is 0 Å². The fourth-order valence-electron chi connectivity index (χ4n) is 3.14. The zero-order valence-corrected chi connectivity index (χ0v) is 21.5. The van der Waals surface area contributed by atoms with Crippen LogP contribution in [-0.4, -0.2) is 39.4 Å². The van der Waals surface area contributed by atoms with Crippen molar-refractivity contribution in [3.8, 4) is 0 Å².